The molecule has 7 nitrogen and oxygen atoms in total. The number of carbonyl (C=O) groups is 2. The predicted octanol–water partition coefficient (Wildman–Crippen LogP) is 6.93. The highest BCUT2D eigenvalue weighted by Crippen LogP contribution is 2.46. The number of anilines is 1. The highest BCUT2D eigenvalue weighted by molar-refractivity contribution is 9.11. The van der Waals surface area contributed by atoms with Crippen LogP contribution in [0.4, 0.5) is 5.69 Å². The van der Waals surface area contributed by atoms with Crippen LogP contribution in [0, 0.1) is 0 Å². The minimum atomic E-state index is -0.514. The van der Waals surface area contributed by atoms with Crippen molar-refractivity contribution < 1.29 is 9.59 Å². The van der Waals surface area contributed by atoms with E-state index >= 15 is 0 Å². The number of amides is 2. The van der Waals surface area contributed by atoms with Crippen molar-refractivity contribution >= 4 is 73.3 Å². The number of aromatic nitrogens is 2. The SMILES string of the molecule is CC(=O)N(C1=NN(C(C)=O)C(c2cn(-c3ccccc3)nc2-c2ccc(Br)s2)S1)c1ccc(Cl)cc1. The number of thiophene rings is 1. The summed E-state index contributed by atoms with van der Waals surface area (Å²) >= 11 is 12.5. The van der Waals surface area contributed by atoms with Crippen LogP contribution in [-0.2, 0) is 9.59 Å². The van der Waals surface area contributed by atoms with E-state index in [0.717, 1.165) is 25.6 Å². The second-order valence-corrected chi connectivity index (χ2v) is 11.8. The summed E-state index contributed by atoms with van der Waals surface area (Å²) in [6, 6.07) is 20.7. The van der Waals surface area contributed by atoms with Gasteiger partial charge in [-0.25, -0.2) is 9.69 Å². The lowest BCUT2D eigenvalue weighted by molar-refractivity contribution is -0.129. The van der Waals surface area contributed by atoms with Crippen molar-refractivity contribution in [1.29, 1.82) is 0 Å². The van der Waals surface area contributed by atoms with E-state index in [9.17, 15) is 9.59 Å². The van der Waals surface area contributed by atoms with E-state index in [1.54, 1.807) is 40.3 Å². The average Bonchev–Trinajstić information content (AvgIpc) is 3.59. The largest absolute Gasteiger partial charge is 0.274 e. The third kappa shape index (κ3) is 4.86. The van der Waals surface area contributed by atoms with Crippen LogP contribution in [0.25, 0.3) is 16.3 Å². The van der Waals surface area contributed by atoms with Crippen LogP contribution >= 0.6 is 50.6 Å². The summed E-state index contributed by atoms with van der Waals surface area (Å²) in [5, 5.41) is 11.3. The zero-order chi connectivity index (χ0) is 25.4. The summed E-state index contributed by atoms with van der Waals surface area (Å²) < 4.78 is 2.78. The number of thioether (sulfide) groups is 1. The molecular formula is C25H19BrClN5O2S2. The molecule has 182 valence electrons. The number of rotatable bonds is 4. The van der Waals surface area contributed by atoms with Crippen molar-refractivity contribution in [3.05, 3.63) is 87.3 Å². The summed E-state index contributed by atoms with van der Waals surface area (Å²) in [5.41, 5.74) is 3.07. The van der Waals surface area contributed by atoms with E-state index in [1.165, 1.54) is 35.5 Å². The first-order chi connectivity index (χ1) is 17.3. The van der Waals surface area contributed by atoms with Crippen molar-refractivity contribution in [3.8, 4) is 16.3 Å². The molecule has 0 fully saturated rings. The van der Waals surface area contributed by atoms with Gasteiger partial charge in [0.1, 0.15) is 11.1 Å². The second-order valence-electron chi connectivity index (χ2n) is 7.86. The van der Waals surface area contributed by atoms with Gasteiger partial charge >= 0.3 is 0 Å². The van der Waals surface area contributed by atoms with Crippen LogP contribution in [0.5, 0.6) is 0 Å². The van der Waals surface area contributed by atoms with Gasteiger partial charge in [0.05, 0.1) is 20.0 Å². The molecule has 0 N–H and O–H groups in total. The average molecular weight is 601 g/mol. The molecule has 1 unspecified atom stereocenters. The molecule has 2 amide bonds. The van der Waals surface area contributed by atoms with Gasteiger partial charge in [-0.2, -0.15) is 5.10 Å². The van der Waals surface area contributed by atoms with E-state index < -0.39 is 5.37 Å². The van der Waals surface area contributed by atoms with Crippen molar-refractivity contribution in [1.82, 2.24) is 14.8 Å². The number of carbonyl (C=O) groups excluding carboxylic acids is 2. The summed E-state index contributed by atoms with van der Waals surface area (Å²) in [6.45, 7) is 2.93. The Kier molecular flexibility index (Phi) is 7.03. The van der Waals surface area contributed by atoms with Crippen LogP contribution < -0.4 is 4.90 Å². The first-order valence-electron chi connectivity index (χ1n) is 10.8. The summed E-state index contributed by atoms with van der Waals surface area (Å²) in [7, 11) is 0. The Morgan fingerprint density at radius 3 is 2.36 bits per heavy atom. The monoisotopic (exact) mass is 599 g/mol. The van der Waals surface area contributed by atoms with Crippen LogP contribution in [0.2, 0.25) is 5.02 Å². The lowest BCUT2D eigenvalue weighted by Crippen LogP contribution is -2.32. The Balaban J connectivity index is 1.59. The number of para-hydroxylation sites is 1. The first-order valence-corrected chi connectivity index (χ1v) is 13.7. The Morgan fingerprint density at radius 1 is 1.03 bits per heavy atom. The quantitative estimate of drug-likeness (QED) is 0.255. The van der Waals surface area contributed by atoms with Gasteiger partial charge in [-0.15, -0.1) is 16.4 Å². The fraction of sp³-hybridized carbons (Fsp3) is 0.120. The Morgan fingerprint density at radius 2 is 1.75 bits per heavy atom. The molecule has 2 aromatic carbocycles. The molecule has 0 spiro atoms. The maximum atomic E-state index is 12.7. The van der Waals surface area contributed by atoms with E-state index in [1.807, 2.05) is 48.7 Å². The fourth-order valence-electron chi connectivity index (χ4n) is 3.78. The molecule has 0 aliphatic carbocycles. The molecular weight excluding hydrogens is 582 g/mol. The molecule has 0 bridgehead atoms. The van der Waals surface area contributed by atoms with Crippen molar-refractivity contribution in [2.24, 2.45) is 5.10 Å². The number of hydrogen-bond acceptors (Lipinski definition) is 6. The van der Waals surface area contributed by atoms with E-state index in [2.05, 4.69) is 21.0 Å². The normalized spacial score (nSPS) is 15.2. The van der Waals surface area contributed by atoms with E-state index in [0.29, 0.717) is 15.9 Å². The Hall–Kier alpha value is -2.92. The van der Waals surface area contributed by atoms with Gasteiger partial charge in [0.2, 0.25) is 11.8 Å². The molecule has 4 aromatic rings. The van der Waals surface area contributed by atoms with Gasteiger partial charge < -0.3 is 0 Å². The Bertz CT molecular complexity index is 1470. The summed E-state index contributed by atoms with van der Waals surface area (Å²) in [6.07, 6.45) is 1.92. The van der Waals surface area contributed by atoms with Gasteiger partial charge in [0.25, 0.3) is 0 Å². The summed E-state index contributed by atoms with van der Waals surface area (Å²) in [4.78, 5) is 27.9. The third-order valence-electron chi connectivity index (χ3n) is 5.38. The maximum Gasteiger partial charge on any atom is 0.241 e. The Labute approximate surface area is 229 Å². The molecule has 5 rings (SSSR count). The van der Waals surface area contributed by atoms with Crippen LogP contribution in [-0.4, -0.2) is 31.8 Å². The standard InChI is InChI=1S/C25H19BrClN5O2S2/c1-15(33)31(19-10-8-17(27)9-11-19)25-29-32(16(2)34)24(36-25)20-14-30(18-6-4-3-5-7-18)28-23(20)21-12-13-22(26)35-21/h3-14,24H,1-2H3. The first kappa shape index (κ1) is 24.8. The molecule has 2 aromatic heterocycles. The van der Waals surface area contributed by atoms with Gasteiger partial charge in [-0.3, -0.25) is 14.5 Å². The number of halogens is 2. The number of hydrazone groups is 1. The fourth-order valence-corrected chi connectivity index (χ4v) is 6.57. The van der Waals surface area contributed by atoms with Crippen molar-refractivity contribution in [2.75, 3.05) is 4.90 Å². The van der Waals surface area contributed by atoms with E-state index in [4.69, 9.17) is 16.7 Å². The third-order valence-corrected chi connectivity index (χ3v) is 8.42. The highest BCUT2D eigenvalue weighted by atomic mass is 79.9. The highest BCUT2D eigenvalue weighted by Gasteiger charge is 2.38. The molecule has 36 heavy (non-hydrogen) atoms. The van der Waals surface area contributed by atoms with Crippen molar-refractivity contribution in [3.63, 3.8) is 0 Å². The number of amidine groups is 1. The molecule has 1 aliphatic heterocycles. The minimum Gasteiger partial charge on any atom is -0.274 e. The van der Waals surface area contributed by atoms with Gasteiger partial charge in [0.15, 0.2) is 5.17 Å². The maximum absolute atomic E-state index is 12.7. The molecule has 0 saturated carbocycles. The van der Waals surface area contributed by atoms with Crippen molar-refractivity contribution in [2.45, 2.75) is 19.2 Å². The van der Waals surface area contributed by atoms with Crippen LogP contribution in [0.1, 0.15) is 24.8 Å². The topological polar surface area (TPSA) is 70.8 Å². The molecule has 0 radical (unpaired) electrons. The zero-order valence-corrected chi connectivity index (χ0v) is 23.1. The van der Waals surface area contributed by atoms with E-state index in [-0.39, 0.29) is 11.8 Å². The molecule has 1 atom stereocenters. The second kappa shape index (κ2) is 10.2. The number of benzene rings is 2. The van der Waals surface area contributed by atoms with Gasteiger partial charge in [-0.05, 0) is 64.5 Å². The van der Waals surface area contributed by atoms with Crippen LogP contribution in [0.3, 0.4) is 0 Å². The minimum absolute atomic E-state index is 0.227. The van der Waals surface area contributed by atoms with Gasteiger partial charge in [0, 0.05) is 30.6 Å². The molecule has 0 saturated heterocycles. The zero-order valence-electron chi connectivity index (χ0n) is 19.1. The lowest BCUT2D eigenvalue weighted by atomic mass is 10.2. The number of nitrogens with zero attached hydrogens (tertiary/aromatic N) is 5. The lowest BCUT2D eigenvalue weighted by Gasteiger charge is -2.20. The molecule has 3 heterocycles. The molecule has 11 heteroatoms. The van der Waals surface area contributed by atoms with Crippen LogP contribution in [0.15, 0.2) is 81.8 Å². The predicted molar refractivity (Wildman–Crippen MR) is 149 cm³/mol. The van der Waals surface area contributed by atoms with Gasteiger partial charge in [-0.1, -0.05) is 41.6 Å². The summed E-state index contributed by atoms with van der Waals surface area (Å²) in [5.74, 6) is -0.469. The number of hydrogen-bond donors (Lipinski definition) is 0. The molecule has 1 aliphatic rings. The smallest absolute Gasteiger partial charge is 0.241 e.